The van der Waals surface area contributed by atoms with Crippen LogP contribution in [0.25, 0.3) is 0 Å². The van der Waals surface area contributed by atoms with Crippen LogP contribution in [0, 0.1) is 0 Å². The van der Waals surface area contributed by atoms with E-state index in [1.165, 1.54) is 0 Å². The molecule has 4 rings (SSSR count). The summed E-state index contributed by atoms with van der Waals surface area (Å²) in [6, 6.07) is 5.37. The van der Waals surface area contributed by atoms with E-state index in [9.17, 15) is 14.7 Å². The van der Waals surface area contributed by atoms with Gasteiger partial charge in [0.25, 0.3) is 0 Å². The molecule has 0 bridgehead atoms. The topological polar surface area (TPSA) is 79.3 Å². The molecule has 0 radical (unpaired) electrons. The predicted octanol–water partition coefficient (Wildman–Crippen LogP) is 2.06. The molecule has 2 unspecified atom stereocenters. The van der Waals surface area contributed by atoms with Gasteiger partial charge in [0.2, 0.25) is 5.91 Å². The molecule has 27 heavy (non-hydrogen) atoms. The molecule has 7 heteroatoms. The van der Waals surface area contributed by atoms with E-state index in [2.05, 4.69) is 0 Å². The van der Waals surface area contributed by atoms with E-state index in [1.807, 2.05) is 28.0 Å². The number of fused-ring (bicyclic) bond motifs is 1. The van der Waals surface area contributed by atoms with Crippen molar-refractivity contribution >= 4 is 11.9 Å². The summed E-state index contributed by atoms with van der Waals surface area (Å²) in [5.41, 5.74) is 1.05. The number of ether oxygens (including phenoxy) is 2. The Labute approximate surface area is 158 Å². The van der Waals surface area contributed by atoms with Crippen molar-refractivity contribution in [2.75, 3.05) is 32.8 Å². The van der Waals surface area contributed by atoms with Crippen molar-refractivity contribution in [3.63, 3.8) is 0 Å². The molecule has 3 aliphatic rings. The van der Waals surface area contributed by atoms with Crippen molar-refractivity contribution in [3.05, 3.63) is 23.8 Å². The highest BCUT2D eigenvalue weighted by molar-refractivity contribution is 5.81. The Kier molecular flexibility index (Phi) is 5.20. The van der Waals surface area contributed by atoms with Gasteiger partial charge >= 0.3 is 5.97 Å². The third kappa shape index (κ3) is 3.74. The van der Waals surface area contributed by atoms with Crippen LogP contribution < -0.4 is 9.47 Å². The normalized spacial score (nSPS) is 25.4. The molecule has 0 aromatic heterocycles. The number of carboxylic acids is 1. The minimum atomic E-state index is -0.827. The van der Waals surface area contributed by atoms with Crippen LogP contribution in [0.5, 0.6) is 11.5 Å². The second-order valence-electron chi connectivity index (χ2n) is 7.47. The molecule has 2 saturated heterocycles. The van der Waals surface area contributed by atoms with Crippen molar-refractivity contribution in [3.8, 4) is 11.5 Å². The number of aliphatic carboxylic acids is 1. The molecular weight excluding hydrogens is 348 g/mol. The summed E-state index contributed by atoms with van der Waals surface area (Å²) in [5, 5.41) is 9.44. The molecule has 3 aliphatic heterocycles. The minimum Gasteiger partial charge on any atom is -0.486 e. The fraction of sp³-hybridized carbons (Fsp3) is 0.600. The molecule has 0 spiro atoms. The van der Waals surface area contributed by atoms with Crippen LogP contribution in [0.1, 0.15) is 43.7 Å². The number of benzene rings is 1. The number of nitrogens with zero attached hydrogens (tertiary/aromatic N) is 2. The highest BCUT2D eigenvalue weighted by atomic mass is 16.6. The number of rotatable bonds is 4. The maximum atomic E-state index is 13.0. The van der Waals surface area contributed by atoms with Crippen molar-refractivity contribution in [1.82, 2.24) is 9.80 Å². The van der Waals surface area contributed by atoms with E-state index in [1.54, 1.807) is 0 Å². The Morgan fingerprint density at radius 1 is 1.04 bits per heavy atom. The first-order valence-electron chi connectivity index (χ1n) is 9.79. The molecule has 0 saturated carbocycles. The predicted molar refractivity (Wildman–Crippen MR) is 98.0 cm³/mol. The first-order valence-corrected chi connectivity index (χ1v) is 9.79. The van der Waals surface area contributed by atoms with Gasteiger partial charge in [-0.05, 0) is 49.9 Å². The zero-order valence-electron chi connectivity index (χ0n) is 15.4. The molecule has 3 heterocycles. The lowest BCUT2D eigenvalue weighted by atomic mass is 10.0. The van der Waals surface area contributed by atoms with Gasteiger partial charge in [-0.1, -0.05) is 12.5 Å². The van der Waals surface area contributed by atoms with Crippen molar-refractivity contribution in [2.24, 2.45) is 0 Å². The van der Waals surface area contributed by atoms with E-state index in [0.29, 0.717) is 32.7 Å². The van der Waals surface area contributed by atoms with Crippen LogP contribution in [-0.4, -0.2) is 65.7 Å². The molecule has 2 atom stereocenters. The molecule has 1 aromatic carbocycles. The van der Waals surface area contributed by atoms with Gasteiger partial charge in [-0.3, -0.25) is 14.5 Å². The fourth-order valence-electron chi connectivity index (χ4n) is 4.40. The van der Waals surface area contributed by atoms with Gasteiger partial charge < -0.3 is 19.5 Å². The average Bonchev–Trinajstić information content (AvgIpc) is 3.18. The summed E-state index contributed by atoms with van der Waals surface area (Å²) in [5.74, 6) is 0.673. The number of likely N-dealkylation sites (tertiary alicyclic amines) is 2. The Morgan fingerprint density at radius 3 is 2.67 bits per heavy atom. The number of carbonyl (C=O) groups excluding carboxylic acids is 1. The summed E-state index contributed by atoms with van der Waals surface area (Å²) < 4.78 is 11.3. The molecule has 7 nitrogen and oxygen atoms in total. The van der Waals surface area contributed by atoms with Crippen molar-refractivity contribution in [1.29, 1.82) is 0 Å². The summed E-state index contributed by atoms with van der Waals surface area (Å²) in [7, 11) is 0. The highest BCUT2D eigenvalue weighted by Crippen LogP contribution is 2.38. The Hall–Kier alpha value is -2.28. The largest absolute Gasteiger partial charge is 0.486 e. The van der Waals surface area contributed by atoms with Crippen LogP contribution in [0.2, 0.25) is 0 Å². The van der Waals surface area contributed by atoms with Crippen LogP contribution in [0.15, 0.2) is 18.2 Å². The maximum Gasteiger partial charge on any atom is 0.320 e. The molecule has 0 aliphatic carbocycles. The Morgan fingerprint density at radius 2 is 1.85 bits per heavy atom. The smallest absolute Gasteiger partial charge is 0.320 e. The first-order chi connectivity index (χ1) is 13.1. The molecular formula is C20H26N2O5. The summed E-state index contributed by atoms with van der Waals surface area (Å²) >= 11 is 0. The standard InChI is InChI=1S/C20H26N2O5/c23-19(13-21-8-2-1-4-16(21)20(24)25)22-9-3-5-15(22)14-6-7-17-18(12-14)27-11-10-26-17/h6-7,12,15-16H,1-5,8-11,13H2,(H,24,25). The monoisotopic (exact) mass is 374 g/mol. The van der Waals surface area contributed by atoms with Gasteiger partial charge in [0, 0.05) is 6.54 Å². The van der Waals surface area contributed by atoms with E-state index in [0.717, 1.165) is 42.7 Å². The van der Waals surface area contributed by atoms with Crippen LogP contribution >= 0.6 is 0 Å². The number of hydrogen-bond donors (Lipinski definition) is 1. The third-order valence-corrected chi connectivity index (χ3v) is 5.76. The minimum absolute atomic E-state index is 0.0144. The highest BCUT2D eigenvalue weighted by Gasteiger charge is 2.35. The Bertz CT molecular complexity index is 722. The lowest BCUT2D eigenvalue weighted by molar-refractivity contribution is -0.146. The molecule has 1 N–H and O–H groups in total. The average molecular weight is 374 g/mol. The van der Waals surface area contributed by atoms with Gasteiger partial charge in [-0.25, -0.2) is 0 Å². The van der Waals surface area contributed by atoms with Crippen LogP contribution in [0.3, 0.4) is 0 Å². The van der Waals surface area contributed by atoms with Crippen molar-refractivity contribution in [2.45, 2.75) is 44.2 Å². The van der Waals surface area contributed by atoms with Gasteiger partial charge in [-0.2, -0.15) is 0 Å². The number of carbonyl (C=O) groups is 2. The summed E-state index contributed by atoms with van der Waals surface area (Å²) in [6.07, 6.45) is 4.34. The molecule has 2 fully saturated rings. The van der Waals surface area contributed by atoms with Gasteiger partial charge in [0.15, 0.2) is 11.5 Å². The lowest BCUT2D eigenvalue weighted by Crippen LogP contribution is -2.49. The van der Waals surface area contributed by atoms with E-state index >= 15 is 0 Å². The van der Waals surface area contributed by atoms with Crippen LogP contribution in [0.4, 0.5) is 0 Å². The van der Waals surface area contributed by atoms with Crippen LogP contribution in [-0.2, 0) is 9.59 Å². The molecule has 1 aromatic rings. The maximum absolute atomic E-state index is 13.0. The first kappa shape index (κ1) is 18.1. The van der Waals surface area contributed by atoms with E-state index in [-0.39, 0.29) is 18.5 Å². The quantitative estimate of drug-likeness (QED) is 0.869. The molecule has 1 amide bonds. The van der Waals surface area contributed by atoms with Crippen molar-refractivity contribution < 1.29 is 24.2 Å². The molecule has 146 valence electrons. The lowest BCUT2D eigenvalue weighted by Gasteiger charge is -2.34. The zero-order chi connectivity index (χ0) is 18.8. The fourth-order valence-corrected chi connectivity index (χ4v) is 4.40. The summed E-state index contributed by atoms with van der Waals surface area (Å²) in [6.45, 7) is 2.66. The second-order valence-corrected chi connectivity index (χ2v) is 7.47. The van der Waals surface area contributed by atoms with E-state index in [4.69, 9.17) is 9.47 Å². The van der Waals surface area contributed by atoms with Gasteiger partial charge in [-0.15, -0.1) is 0 Å². The SMILES string of the molecule is O=C(O)C1CCCCN1CC(=O)N1CCCC1c1ccc2c(c1)OCCO2. The number of piperidine rings is 1. The van der Waals surface area contributed by atoms with Gasteiger partial charge in [0.1, 0.15) is 19.3 Å². The number of amides is 1. The zero-order valence-corrected chi connectivity index (χ0v) is 15.4. The summed E-state index contributed by atoms with van der Waals surface area (Å²) in [4.78, 5) is 28.2. The number of hydrogen-bond acceptors (Lipinski definition) is 5. The number of carboxylic acid groups (broad SMARTS) is 1. The second kappa shape index (κ2) is 7.76. The Balaban J connectivity index is 1.47. The van der Waals surface area contributed by atoms with E-state index < -0.39 is 12.0 Å². The van der Waals surface area contributed by atoms with Gasteiger partial charge in [0.05, 0.1) is 12.6 Å². The third-order valence-electron chi connectivity index (χ3n) is 5.76.